The van der Waals surface area contributed by atoms with Crippen molar-refractivity contribution in [2.24, 2.45) is 4.99 Å². The third-order valence-corrected chi connectivity index (χ3v) is 6.24. The zero-order chi connectivity index (χ0) is 22.2. The third kappa shape index (κ3) is 6.13. The molecule has 0 bridgehead atoms. The number of pyridine rings is 1. The summed E-state index contributed by atoms with van der Waals surface area (Å²) in [4.78, 5) is 11.4. The summed E-state index contributed by atoms with van der Waals surface area (Å²) < 4.78 is 11.4. The molecule has 1 aromatic carbocycles. The predicted octanol–water partition coefficient (Wildman–Crippen LogP) is 3.95. The van der Waals surface area contributed by atoms with E-state index >= 15 is 0 Å². The van der Waals surface area contributed by atoms with Crippen LogP contribution >= 0.6 is 0 Å². The summed E-state index contributed by atoms with van der Waals surface area (Å²) in [6.45, 7) is 5.57. The maximum absolute atomic E-state index is 5.91. The van der Waals surface area contributed by atoms with Crippen molar-refractivity contribution in [2.45, 2.75) is 57.7 Å². The summed E-state index contributed by atoms with van der Waals surface area (Å²) >= 11 is 0. The Labute approximate surface area is 191 Å². The number of hydrogen-bond donors (Lipinski definition) is 2. The van der Waals surface area contributed by atoms with Gasteiger partial charge in [-0.05, 0) is 62.1 Å². The maximum atomic E-state index is 5.91. The van der Waals surface area contributed by atoms with Gasteiger partial charge in [0.25, 0.3) is 0 Å². The molecule has 4 rings (SSSR count). The van der Waals surface area contributed by atoms with Crippen LogP contribution in [-0.4, -0.2) is 54.7 Å². The lowest BCUT2D eigenvalue weighted by Crippen LogP contribution is -2.45. The number of nitrogens with zero attached hydrogens (tertiary/aromatic N) is 3. The monoisotopic (exact) mass is 437 g/mol. The van der Waals surface area contributed by atoms with Crippen LogP contribution in [0.1, 0.15) is 44.6 Å². The topological polar surface area (TPSA) is 71.0 Å². The maximum Gasteiger partial charge on any atom is 0.219 e. The summed E-state index contributed by atoms with van der Waals surface area (Å²) in [5.74, 6) is 2.98. The summed E-state index contributed by atoms with van der Waals surface area (Å²) in [6, 6.07) is 12.8. The van der Waals surface area contributed by atoms with Gasteiger partial charge in [0.2, 0.25) is 5.88 Å². The highest BCUT2D eigenvalue weighted by Gasteiger charge is 2.30. The van der Waals surface area contributed by atoms with Crippen LogP contribution in [0.4, 0.5) is 0 Å². The molecule has 1 saturated heterocycles. The lowest BCUT2D eigenvalue weighted by Gasteiger charge is -2.24. The molecule has 2 heterocycles. The van der Waals surface area contributed by atoms with Crippen molar-refractivity contribution in [3.05, 3.63) is 48.2 Å². The van der Waals surface area contributed by atoms with Crippen LogP contribution < -0.4 is 20.1 Å². The van der Waals surface area contributed by atoms with Crippen molar-refractivity contribution in [2.75, 3.05) is 26.7 Å². The Morgan fingerprint density at radius 2 is 1.91 bits per heavy atom. The number of likely N-dealkylation sites (tertiary alicyclic amines) is 1. The first-order valence-electron chi connectivity index (χ1n) is 11.8. The van der Waals surface area contributed by atoms with E-state index in [-0.39, 0.29) is 0 Å². The second-order valence-corrected chi connectivity index (χ2v) is 8.50. The van der Waals surface area contributed by atoms with Gasteiger partial charge in [-0.25, -0.2) is 4.98 Å². The number of hydrogen-bond acceptors (Lipinski definition) is 5. The average Bonchev–Trinajstić information content (AvgIpc) is 3.50. The van der Waals surface area contributed by atoms with E-state index in [1.807, 2.05) is 50.4 Å². The lowest BCUT2D eigenvalue weighted by molar-refractivity contribution is 0.242. The van der Waals surface area contributed by atoms with Crippen LogP contribution in [0.3, 0.4) is 0 Å². The van der Waals surface area contributed by atoms with E-state index in [1.54, 1.807) is 6.20 Å². The van der Waals surface area contributed by atoms with Crippen LogP contribution in [-0.2, 0) is 6.54 Å². The fraction of sp³-hybridized carbons (Fsp3) is 0.520. The third-order valence-electron chi connectivity index (χ3n) is 6.24. The van der Waals surface area contributed by atoms with Crippen LogP contribution in [0.5, 0.6) is 17.4 Å². The molecular weight excluding hydrogens is 402 g/mol. The summed E-state index contributed by atoms with van der Waals surface area (Å²) in [7, 11) is 1.83. The number of benzene rings is 1. The Morgan fingerprint density at radius 3 is 2.66 bits per heavy atom. The molecule has 0 spiro atoms. The number of ether oxygens (including phenoxy) is 2. The molecule has 1 atom stereocenters. The van der Waals surface area contributed by atoms with Crippen LogP contribution in [0.2, 0.25) is 0 Å². The number of aromatic nitrogens is 1. The molecule has 172 valence electrons. The standard InChI is InChI=1S/C25H35N5O2/c1-3-31-22-8-10-23(11-9-22)32-24-16-19(12-14-27-24)17-28-25(26-2)29-20-13-15-30(18-20)21-6-4-5-7-21/h8-12,14,16,20-21H,3-7,13,15,17-18H2,1-2H3,(H2,26,28,29). The van der Waals surface area contributed by atoms with E-state index in [0.29, 0.717) is 25.1 Å². The van der Waals surface area contributed by atoms with Gasteiger partial charge in [-0.3, -0.25) is 9.89 Å². The minimum atomic E-state index is 0.456. The van der Waals surface area contributed by atoms with Gasteiger partial charge in [-0.2, -0.15) is 0 Å². The molecule has 7 nitrogen and oxygen atoms in total. The molecule has 32 heavy (non-hydrogen) atoms. The summed E-state index contributed by atoms with van der Waals surface area (Å²) in [5.41, 5.74) is 1.09. The zero-order valence-corrected chi connectivity index (χ0v) is 19.2. The Bertz CT molecular complexity index is 880. The van der Waals surface area contributed by atoms with Crippen molar-refractivity contribution in [3.63, 3.8) is 0 Å². The van der Waals surface area contributed by atoms with Crippen LogP contribution in [0, 0.1) is 0 Å². The molecule has 0 amide bonds. The molecule has 1 saturated carbocycles. The summed E-state index contributed by atoms with van der Waals surface area (Å²) in [5, 5.41) is 7.03. The Balaban J connectivity index is 1.26. The molecule has 7 heteroatoms. The first kappa shape index (κ1) is 22.4. The SMILES string of the molecule is CCOc1ccc(Oc2cc(CNC(=NC)NC3CCN(C4CCCC4)C3)ccn2)cc1. The highest BCUT2D eigenvalue weighted by molar-refractivity contribution is 5.80. The normalized spacial score (nSPS) is 19.8. The van der Waals surface area contributed by atoms with Crippen molar-refractivity contribution >= 4 is 5.96 Å². The van der Waals surface area contributed by atoms with Gasteiger partial charge < -0.3 is 20.1 Å². The van der Waals surface area contributed by atoms with E-state index in [0.717, 1.165) is 35.6 Å². The molecule has 2 N–H and O–H groups in total. The quantitative estimate of drug-likeness (QED) is 0.481. The van der Waals surface area contributed by atoms with Gasteiger partial charge in [-0.15, -0.1) is 0 Å². The van der Waals surface area contributed by atoms with Crippen molar-refractivity contribution < 1.29 is 9.47 Å². The molecule has 2 aliphatic rings. The Kier molecular flexibility index (Phi) is 7.82. The largest absolute Gasteiger partial charge is 0.494 e. The molecular formula is C25H35N5O2. The highest BCUT2D eigenvalue weighted by atomic mass is 16.5. The molecule has 0 radical (unpaired) electrons. The Morgan fingerprint density at radius 1 is 1.12 bits per heavy atom. The molecule has 1 aliphatic heterocycles. The van der Waals surface area contributed by atoms with E-state index in [4.69, 9.17) is 9.47 Å². The Hall–Kier alpha value is -2.80. The second kappa shape index (κ2) is 11.2. The first-order valence-corrected chi connectivity index (χ1v) is 11.8. The predicted molar refractivity (Wildman–Crippen MR) is 127 cm³/mol. The number of rotatable bonds is 8. The van der Waals surface area contributed by atoms with E-state index in [9.17, 15) is 0 Å². The molecule has 1 aromatic heterocycles. The smallest absolute Gasteiger partial charge is 0.219 e. The van der Waals surface area contributed by atoms with Crippen molar-refractivity contribution in [3.8, 4) is 17.4 Å². The van der Waals surface area contributed by atoms with Crippen LogP contribution in [0.25, 0.3) is 0 Å². The van der Waals surface area contributed by atoms with E-state index < -0.39 is 0 Å². The van der Waals surface area contributed by atoms with E-state index in [2.05, 4.69) is 25.5 Å². The van der Waals surface area contributed by atoms with Gasteiger partial charge in [-0.1, -0.05) is 12.8 Å². The first-order chi connectivity index (χ1) is 15.7. The van der Waals surface area contributed by atoms with E-state index in [1.165, 1.54) is 38.6 Å². The number of aliphatic imine (C=N–C) groups is 1. The van der Waals surface area contributed by atoms with Gasteiger partial charge >= 0.3 is 0 Å². The lowest BCUT2D eigenvalue weighted by atomic mass is 10.2. The highest BCUT2D eigenvalue weighted by Crippen LogP contribution is 2.26. The number of guanidine groups is 1. The van der Waals surface area contributed by atoms with Gasteiger partial charge in [0, 0.05) is 51.0 Å². The van der Waals surface area contributed by atoms with Crippen molar-refractivity contribution in [1.82, 2.24) is 20.5 Å². The second-order valence-electron chi connectivity index (χ2n) is 8.50. The van der Waals surface area contributed by atoms with Crippen LogP contribution in [0.15, 0.2) is 47.6 Å². The molecule has 1 unspecified atom stereocenters. The van der Waals surface area contributed by atoms with Gasteiger partial charge in [0.15, 0.2) is 5.96 Å². The zero-order valence-electron chi connectivity index (χ0n) is 19.2. The average molecular weight is 438 g/mol. The van der Waals surface area contributed by atoms with Gasteiger partial charge in [0.1, 0.15) is 11.5 Å². The molecule has 1 aliphatic carbocycles. The minimum absolute atomic E-state index is 0.456. The van der Waals surface area contributed by atoms with Gasteiger partial charge in [0.05, 0.1) is 6.61 Å². The minimum Gasteiger partial charge on any atom is -0.494 e. The summed E-state index contributed by atoms with van der Waals surface area (Å²) in [6.07, 6.45) is 8.45. The fourth-order valence-corrected chi connectivity index (χ4v) is 4.59. The number of nitrogens with one attached hydrogen (secondary N) is 2. The fourth-order valence-electron chi connectivity index (χ4n) is 4.59. The molecule has 2 fully saturated rings. The van der Waals surface area contributed by atoms with Crippen molar-refractivity contribution in [1.29, 1.82) is 0 Å². The molecule has 2 aromatic rings.